The highest BCUT2D eigenvalue weighted by Crippen LogP contribution is 2.30. The van der Waals surface area contributed by atoms with Crippen LogP contribution in [0, 0.1) is 6.92 Å². The smallest absolute Gasteiger partial charge is 0.176 e. The van der Waals surface area contributed by atoms with Crippen molar-refractivity contribution in [3.63, 3.8) is 0 Å². The van der Waals surface area contributed by atoms with E-state index >= 15 is 0 Å². The highest BCUT2D eigenvalue weighted by atomic mass is 32.1. The minimum Gasteiger partial charge on any atom is -0.307 e. The van der Waals surface area contributed by atoms with Gasteiger partial charge in [0.25, 0.3) is 0 Å². The van der Waals surface area contributed by atoms with E-state index < -0.39 is 0 Å². The van der Waals surface area contributed by atoms with E-state index in [1.807, 2.05) is 31.9 Å². The number of aromatic nitrogens is 6. The molecule has 1 unspecified atom stereocenters. The lowest BCUT2D eigenvalue weighted by atomic mass is 10.1. The second-order valence-electron chi connectivity index (χ2n) is 5.13. The van der Waals surface area contributed by atoms with Crippen LogP contribution < -0.4 is 5.32 Å². The molecule has 7 nitrogen and oxygen atoms in total. The molecule has 1 atom stereocenters. The number of aryl methyl sites for hydroxylation is 2. The van der Waals surface area contributed by atoms with Crippen LogP contribution >= 0.6 is 11.3 Å². The Hall–Kier alpha value is -2.06. The Kier molecular flexibility index (Phi) is 2.86. The number of nitrogens with zero attached hydrogens (tertiary/aromatic N) is 6. The summed E-state index contributed by atoms with van der Waals surface area (Å²) in [5.74, 6) is 1.86. The van der Waals surface area contributed by atoms with Crippen LogP contribution in [0.4, 0.5) is 0 Å². The predicted octanol–water partition coefficient (Wildman–Crippen LogP) is 1.14. The summed E-state index contributed by atoms with van der Waals surface area (Å²) in [5.41, 5.74) is 3.97. The van der Waals surface area contributed by atoms with Crippen LogP contribution in [0.25, 0.3) is 10.7 Å². The molecule has 0 saturated carbocycles. The molecule has 0 radical (unpaired) electrons. The van der Waals surface area contributed by atoms with Gasteiger partial charge in [0.15, 0.2) is 11.6 Å². The highest BCUT2D eigenvalue weighted by Gasteiger charge is 2.28. The molecule has 108 valence electrons. The quantitative estimate of drug-likeness (QED) is 0.768. The van der Waals surface area contributed by atoms with Crippen molar-refractivity contribution in [2.45, 2.75) is 19.5 Å². The van der Waals surface area contributed by atoms with Crippen LogP contribution in [0.1, 0.15) is 23.1 Å². The van der Waals surface area contributed by atoms with Crippen LogP contribution in [-0.2, 0) is 13.6 Å². The fourth-order valence-corrected chi connectivity index (χ4v) is 3.50. The van der Waals surface area contributed by atoms with E-state index in [9.17, 15) is 0 Å². The Balaban J connectivity index is 1.80. The third-order valence-corrected chi connectivity index (χ3v) is 4.65. The first kappa shape index (κ1) is 12.7. The van der Waals surface area contributed by atoms with Gasteiger partial charge in [-0.15, -0.1) is 21.5 Å². The first-order valence-corrected chi connectivity index (χ1v) is 7.67. The van der Waals surface area contributed by atoms with E-state index in [0.717, 1.165) is 40.9 Å². The van der Waals surface area contributed by atoms with Crippen molar-refractivity contribution in [1.29, 1.82) is 0 Å². The molecule has 8 heteroatoms. The number of fused-ring (bicyclic) bond motifs is 1. The van der Waals surface area contributed by atoms with Crippen molar-refractivity contribution in [3.8, 4) is 10.7 Å². The molecule has 3 aromatic heterocycles. The summed E-state index contributed by atoms with van der Waals surface area (Å²) in [6, 6.07) is 0.0435. The summed E-state index contributed by atoms with van der Waals surface area (Å²) in [5, 5.41) is 16.5. The van der Waals surface area contributed by atoms with Gasteiger partial charge in [-0.05, 0) is 6.92 Å². The maximum absolute atomic E-state index is 4.41. The Morgan fingerprint density at radius 2 is 2.29 bits per heavy atom. The first-order valence-electron chi connectivity index (χ1n) is 6.79. The summed E-state index contributed by atoms with van der Waals surface area (Å²) in [6.07, 6.45) is 3.89. The molecule has 1 N–H and O–H groups in total. The molecule has 4 rings (SSSR count). The van der Waals surface area contributed by atoms with Gasteiger partial charge in [-0.1, -0.05) is 0 Å². The van der Waals surface area contributed by atoms with Crippen molar-refractivity contribution in [1.82, 2.24) is 34.8 Å². The minimum atomic E-state index is 0.0435. The summed E-state index contributed by atoms with van der Waals surface area (Å²) in [7, 11) is 1.92. The fourth-order valence-electron chi connectivity index (χ4n) is 2.70. The van der Waals surface area contributed by atoms with Crippen LogP contribution in [0.5, 0.6) is 0 Å². The molecular weight excluding hydrogens is 286 g/mol. The second kappa shape index (κ2) is 4.74. The summed E-state index contributed by atoms with van der Waals surface area (Å²) in [6.45, 7) is 3.76. The van der Waals surface area contributed by atoms with E-state index in [0.29, 0.717) is 0 Å². The Morgan fingerprint density at radius 3 is 3.00 bits per heavy atom. The monoisotopic (exact) mass is 301 g/mol. The standard InChI is InChI=1S/C13H15N7S/c1-8-11(21-7-15-8)13-18-17-12-10(14-3-4-20(12)13)9-5-16-19(2)6-9/h5-7,10,14H,3-4H2,1-2H3. The average molecular weight is 301 g/mol. The number of hydrogen-bond acceptors (Lipinski definition) is 6. The van der Waals surface area contributed by atoms with Crippen LogP contribution in [-0.4, -0.2) is 36.1 Å². The Bertz CT molecular complexity index is 784. The van der Waals surface area contributed by atoms with E-state index in [1.54, 1.807) is 16.0 Å². The van der Waals surface area contributed by atoms with Crippen molar-refractivity contribution in [2.75, 3.05) is 6.54 Å². The SMILES string of the molecule is Cc1ncsc1-c1nnc2n1CCNC2c1cnn(C)c1. The van der Waals surface area contributed by atoms with Crippen LogP contribution in [0.15, 0.2) is 17.9 Å². The average Bonchev–Trinajstić information content (AvgIpc) is 3.17. The van der Waals surface area contributed by atoms with Gasteiger partial charge in [0, 0.05) is 31.9 Å². The van der Waals surface area contributed by atoms with E-state index in [2.05, 4.69) is 30.2 Å². The molecule has 0 aromatic carbocycles. The van der Waals surface area contributed by atoms with E-state index in [-0.39, 0.29) is 6.04 Å². The molecule has 0 amide bonds. The largest absolute Gasteiger partial charge is 0.307 e. The zero-order valence-electron chi connectivity index (χ0n) is 11.8. The van der Waals surface area contributed by atoms with Gasteiger partial charge in [0.05, 0.1) is 28.3 Å². The number of rotatable bonds is 2. The molecule has 0 saturated heterocycles. The normalized spacial score (nSPS) is 17.9. The lowest BCUT2D eigenvalue weighted by molar-refractivity contribution is 0.458. The molecular formula is C13H15N7S. The third-order valence-electron chi connectivity index (χ3n) is 3.73. The van der Waals surface area contributed by atoms with Gasteiger partial charge < -0.3 is 9.88 Å². The van der Waals surface area contributed by atoms with Crippen molar-refractivity contribution < 1.29 is 0 Å². The lowest BCUT2D eigenvalue weighted by Crippen LogP contribution is -2.34. The second-order valence-corrected chi connectivity index (χ2v) is 5.99. The highest BCUT2D eigenvalue weighted by molar-refractivity contribution is 7.13. The minimum absolute atomic E-state index is 0.0435. The van der Waals surface area contributed by atoms with Gasteiger partial charge in [-0.2, -0.15) is 5.10 Å². The zero-order chi connectivity index (χ0) is 14.4. The summed E-state index contributed by atoms with van der Waals surface area (Å²) >= 11 is 1.61. The van der Waals surface area contributed by atoms with E-state index in [1.165, 1.54) is 0 Å². The summed E-state index contributed by atoms with van der Waals surface area (Å²) in [4.78, 5) is 5.41. The maximum atomic E-state index is 4.41. The lowest BCUT2D eigenvalue weighted by Gasteiger charge is -2.24. The Labute approximate surface area is 125 Å². The van der Waals surface area contributed by atoms with Gasteiger partial charge in [-0.25, -0.2) is 4.98 Å². The van der Waals surface area contributed by atoms with Gasteiger partial charge in [0.1, 0.15) is 0 Å². The van der Waals surface area contributed by atoms with E-state index in [4.69, 9.17) is 0 Å². The third kappa shape index (κ3) is 1.98. The molecule has 1 aliphatic rings. The van der Waals surface area contributed by atoms with Crippen LogP contribution in [0.2, 0.25) is 0 Å². The van der Waals surface area contributed by atoms with Crippen LogP contribution in [0.3, 0.4) is 0 Å². The molecule has 0 bridgehead atoms. The molecule has 3 aromatic rings. The fraction of sp³-hybridized carbons (Fsp3) is 0.385. The van der Waals surface area contributed by atoms with Crippen molar-refractivity contribution in [2.24, 2.45) is 7.05 Å². The van der Waals surface area contributed by atoms with Gasteiger partial charge in [-0.3, -0.25) is 4.68 Å². The number of nitrogens with one attached hydrogen (secondary N) is 1. The topological polar surface area (TPSA) is 73.5 Å². The van der Waals surface area contributed by atoms with Gasteiger partial charge in [0.2, 0.25) is 0 Å². The molecule has 21 heavy (non-hydrogen) atoms. The number of hydrogen-bond donors (Lipinski definition) is 1. The zero-order valence-corrected chi connectivity index (χ0v) is 12.6. The molecule has 4 heterocycles. The molecule has 0 spiro atoms. The van der Waals surface area contributed by atoms with Gasteiger partial charge >= 0.3 is 0 Å². The van der Waals surface area contributed by atoms with Crippen molar-refractivity contribution >= 4 is 11.3 Å². The number of thiazole rings is 1. The molecule has 0 aliphatic carbocycles. The molecule has 1 aliphatic heterocycles. The maximum Gasteiger partial charge on any atom is 0.176 e. The van der Waals surface area contributed by atoms with Crippen molar-refractivity contribution in [3.05, 3.63) is 35.0 Å². The summed E-state index contributed by atoms with van der Waals surface area (Å²) < 4.78 is 4.00. The molecule has 0 fully saturated rings. The first-order chi connectivity index (χ1) is 10.2. The predicted molar refractivity (Wildman–Crippen MR) is 78.9 cm³/mol. The Morgan fingerprint density at radius 1 is 1.38 bits per heavy atom.